The molecule has 0 saturated heterocycles. The largest absolute Gasteiger partial charge is 0.315 e. The predicted octanol–water partition coefficient (Wildman–Crippen LogP) is 2.74. The van der Waals surface area contributed by atoms with Gasteiger partial charge in [0.15, 0.2) is 0 Å². The summed E-state index contributed by atoms with van der Waals surface area (Å²) in [4.78, 5) is 2.59. The van der Waals surface area contributed by atoms with Crippen LogP contribution in [-0.4, -0.2) is 37.1 Å². The van der Waals surface area contributed by atoms with E-state index in [2.05, 4.69) is 45.0 Å². The molecule has 2 unspecified atom stereocenters. The molecule has 0 aromatic rings. The van der Waals surface area contributed by atoms with E-state index in [1.807, 2.05) is 0 Å². The summed E-state index contributed by atoms with van der Waals surface area (Å²) >= 11 is 0. The highest BCUT2D eigenvalue weighted by molar-refractivity contribution is 4.87. The van der Waals surface area contributed by atoms with Crippen LogP contribution < -0.4 is 5.32 Å². The van der Waals surface area contributed by atoms with Crippen molar-refractivity contribution in [1.82, 2.24) is 10.2 Å². The Morgan fingerprint density at radius 1 is 1.19 bits per heavy atom. The molecule has 96 valence electrons. The molecule has 0 aromatic carbocycles. The Morgan fingerprint density at radius 2 is 1.81 bits per heavy atom. The number of rotatable bonds is 8. The van der Waals surface area contributed by atoms with Crippen molar-refractivity contribution in [2.24, 2.45) is 11.8 Å². The van der Waals surface area contributed by atoms with Gasteiger partial charge in [-0.25, -0.2) is 0 Å². The first-order valence-electron chi connectivity index (χ1n) is 6.98. The van der Waals surface area contributed by atoms with Crippen molar-refractivity contribution >= 4 is 0 Å². The van der Waals surface area contributed by atoms with Crippen LogP contribution in [0, 0.1) is 11.8 Å². The maximum Gasteiger partial charge on any atom is 0.0217 e. The van der Waals surface area contributed by atoms with Gasteiger partial charge in [0.2, 0.25) is 0 Å². The summed E-state index contributed by atoms with van der Waals surface area (Å²) in [5, 5.41) is 3.59. The third kappa shape index (κ3) is 4.42. The quantitative estimate of drug-likeness (QED) is 0.684. The van der Waals surface area contributed by atoms with Crippen LogP contribution in [0.15, 0.2) is 0 Å². The molecule has 0 spiro atoms. The normalized spacial score (nSPS) is 20.4. The van der Waals surface area contributed by atoms with Crippen molar-refractivity contribution in [3.05, 3.63) is 0 Å². The molecule has 0 aliphatic heterocycles. The van der Waals surface area contributed by atoms with Crippen LogP contribution in [0.1, 0.15) is 47.0 Å². The fraction of sp³-hybridized carbons (Fsp3) is 1.00. The van der Waals surface area contributed by atoms with Crippen LogP contribution >= 0.6 is 0 Å². The minimum Gasteiger partial charge on any atom is -0.315 e. The summed E-state index contributed by atoms with van der Waals surface area (Å²) in [6.45, 7) is 11.5. The van der Waals surface area contributed by atoms with Crippen molar-refractivity contribution in [2.45, 2.75) is 59.0 Å². The maximum atomic E-state index is 3.59. The smallest absolute Gasteiger partial charge is 0.0217 e. The molecule has 2 nitrogen and oxygen atoms in total. The summed E-state index contributed by atoms with van der Waals surface area (Å²) in [6, 6.07) is 1.47. The first-order valence-corrected chi connectivity index (χ1v) is 6.98. The third-order valence-corrected chi connectivity index (χ3v) is 3.93. The summed E-state index contributed by atoms with van der Waals surface area (Å²) in [6.07, 6.45) is 4.14. The molecular weight excluding hydrogens is 196 g/mol. The van der Waals surface area contributed by atoms with E-state index in [-0.39, 0.29) is 0 Å². The van der Waals surface area contributed by atoms with Crippen molar-refractivity contribution in [3.8, 4) is 0 Å². The molecule has 1 aliphatic rings. The van der Waals surface area contributed by atoms with Crippen LogP contribution in [0.3, 0.4) is 0 Å². The average Bonchev–Trinajstić information content (AvgIpc) is 3.05. The second-order valence-electron chi connectivity index (χ2n) is 5.86. The van der Waals surface area contributed by atoms with Gasteiger partial charge in [0.25, 0.3) is 0 Å². The zero-order valence-corrected chi connectivity index (χ0v) is 11.8. The second-order valence-corrected chi connectivity index (χ2v) is 5.86. The highest BCUT2D eigenvalue weighted by atomic mass is 15.2. The number of hydrogen-bond acceptors (Lipinski definition) is 2. The third-order valence-electron chi connectivity index (χ3n) is 3.93. The summed E-state index contributed by atoms with van der Waals surface area (Å²) in [5.41, 5.74) is 0. The van der Waals surface area contributed by atoms with Gasteiger partial charge < -0.3 is 5.32 Å². The monoisotopic (exact) mass is 226 g/mol. The lowest BCUT2D eigenvalue weighted by Gasteiger charge is -2.33. The lowest BCUT2D eigenvalue weighted by atomic mass is 10.1. The van der Waals surface area contributed by atoms with E-state index in [9.17, 15) is 0 Å². The molecule has 0 aromatic heterocycles. The molecule has 1 fully saturated rings. The zero-order chi connectivity index (χ0) is 12.1. The summed E-state index contributed by atoms with van der Waals surface area (Å²) in [7, 11) is 2.30. The van der Waals surface area contributed by atoms with E-state index in [1.165, 1.54) is 19.3 Å². The average molecular weight is 226 g/mol. The molecular formula is C14H30N2. The molecule has 1 N–H and O–H groups in total. The van der Waals surface area contributed by atoms with Gasteiger partial charge in [-0.15, -0.1) is 0 Å². The number of hydrogen-bond donors (Lipinski definition) is 1. The zero-order valence-electron chi connectivity index (χ0n) is 11.8. The molecule has 1 saturated carbocycles. The first-order chi connectivity index (χ1) is 7.56. The van der Waals surface area contributed by atoms with Crippen LogP contribution in [-0.2, 0) is 0 Å². The Bertz CT molecular complexity index is 187. The van der Waals surface area contributed by atoms with E-state index < -0.39 is 0 Å². The minimum atomic E-state index is 0.703. The van der Waals surface area contributed by atoms with E-state index in [1.54, 1.807) is 0 Å². The van der Waals surface area contributed by atoms with E-state index in [0.29, 0.717) is 6.04 Å². The van der Waals surface area contributed by atoms with Crippen molar-refractivity contribution in [2.75, 3.05) is 20.1 Å². The Morgan fingerprint density at radius 3 is 2.25 bits per heavy atom. The van der Waals surface area contributed by atoms with Crippen LogP contribution in [0.5, 0.6) is 0 Å². The van der Waals surface area contributed by atoms with Gasteiger partial charge in [-0.1, -0.05) is 20.8 Å². The van der Waals surface area contributed by atoms with Gasteiger partial charge in [-0.2, -0.15) is 0 Å². The molecule has 0 radical (unpaired) electrons. The van der Waals surface area contributed by atoms with Gasteiger partial charge in [0.1, 0.15) is 0 Å². The molecule has 2 heteroatoms. The van der Waals surface area contributed by atoms with E-state index in [0.717, 1.165) is 31.0 Å². The van der Waals surface area contributed by atoms with Crippen LogP contribution in [0.4, 0.5) is 0 Å². The molecule has 2 atom stereocenters. The van der Waals surface area contributed by atoms with Crippen molar-refractivity contribution in [3.63, 3.8) is 0 Å². The highest BCUT2D eigenvalue weighted by Gasteiger charge is 2.32. The first kappa shape index (κ1) is 14.0. The van der Waals surface area contributed by atoms with Gasteiger partial charge in [-0.05, 0) is 51.6 Å². The van der Waals surface area contributed by atoms with Gasteiger partial charge >= 0.3 is 0 Å². The predicted molar refractivity (Wildman–Crippen MR) is 71.7 cm³/mol. The molecule has 0 bridgehead atoms. The standard InChI is InChI=1S/C14H30N2/c1-6-14(10-15-9-11(2)3)16(5)12(4)13-7-8-13/h11-15H,6-10H2,1-5H3. The number of nitrogens with zero attached hydrogens (tertiary/aromatic N) is 1. The van der Waals surface area contributed by atoms with E-state index in [4.69, 9.17) is 0 Å². The highest BCUT2D eigenvalue weighted by Crippen LogP contribution is 2.35. The van der Waals surface area contributed by atoms with Gasteiger partial charge in [0, 0.05) is 18.6 Å². The Hall–Kier alpha value is -0.0800. The van der Waals surface area contributed by atoms with Crippen molar-refractivity contribution in [1.29, 1.82) is 0 Å². The molecule has 1 aliphatic carbocycles. The summed E-state index contributed by atoms with van der Waals surface area (Å²) < 4.78 is 0. The molecule has 16 heavy (non-hydrogen) atoms. The Balaban J connectivity index is 2.27. The topological polar surface area (TPSA) is 15.3 Å². The molecule has 0 heterocycles. The molecule has 0 amide bonds. The van der Waals surface area contributed by atoms with Gasteiger partial charge in [0.05, 0.1) is 0 Å². The fourth-order valence-corrected chi connectivity index (χ4v) is 2.36. The lowest BCUT2D eigenvalue weighted by molar-refractivity contribution is 0.158. The van der Waals surface area contributed by atoms with Crippen LogP contribution in [0.2, 0.25) is 0 Å². The summed E-state index contributed by atoms with van der Waals surface area (Å²) in [5.74, 6) is 1.73. The Labute approximate surface area is 102 Å². The fourth-order valence-electron chi connectivity index (χ4n) is 2.36. The lowest BCUT2D eigenvalue weighted by Crippen LogP contribution is -2.45. The second kappa shape index (κ2) is 6.61. The van der Waals surface area contributed by atoms with Crippen LogP contribution in [0.25, 0.3) is 0 Å². The SMILES string of the molecule is CCC(CNCC(C)C)N(C)C(C)C1CC1. The van der Waals surface area contributed by atoms with Gasteiger partial charge in [-0.3, -0.25) is 4.90 Å². The van der Waals surface area contributed by atoms with E-state index >= 15 is 0 Å². The number of nitrogens with one attached hydrogen (secondary N) is 1. The maximum absolute atomic E-state index is 3.59. The molecule has 1 rings (SSSR count). The Kier molecular flexibility index (Phi) is 5.77. The minimum absolute atomic E-state index is 0.703. The van der Waals surface area contributed by atoms with Crippen molar-refractivity contribution < 1.29 is 0 Å². The number of likely N-dealkylation sites (N-methyl/N-ethyl adjacent to an activating group) is 1.